The monoisotopic (exact) mass is 390 g/mol. The van der Waals surface area contributed by atoms with Gasteiger partial charge in [0.05, 0.1) is 17.3 Å². The van der Waals surface area contributed by atoms with Crippen molar-refractivity contribution in [2.75, 3.05) is 6.61 Å². The molecule has 0 aromatic carbocycles. The Morgan fingerprint density at radius 3 is 2.39 bits per heavy atom. The largest absolute Gasteiger partial charge is 0.458 e. The maximum Gasteiger partial charge on any atom is 0.331 e. The van der Waals surface area contributed by atoms with Crippen molar-refractivity contribution in [3.05, 3.63) is 11.6 Å². The highest BCUT2D eigenvalue weighted by Crippen LogP contribution is 2.70. The molecule has 0 unspecified atom stereocenters. The van der Waals surface area contributed by atoms with Gasteiger partial charge in [-0.25, -0.2) is 4.79 Å². The summed E-state index contributed by atoms with van der Waals surface area (Å²) >= 11 is 0. The van der Waals surface area contributed by atoms with Crippen LogP contribution in [0.25, 0.3) is 0 Å². The number of carbonyl (C=O) groups is 1. The molecule has 5 heteroatoms. The van der Waals surface area contributed by atoms with Gasteiger partial charge < -0.3 is 20.1 Å². The molecule has 4 fully saturated rings. The number of esters is 1. The fourth-order valence-electron chi connectivity index (χ4n) is 8.38. The molecule has 0 spiro atoms. The van der Waals surface area contributed by atoms with Gasteiger partial charge in [0.2, 0.25) is 0 Å². The van der Waals surface area contributed by atoms with E-state index in [-0.39, 0.29) is 34.6 Å². The number of aliphatic hydroxyl groups excluding tert-OH is 1. The molecule has 0 saturated heterocycles. The first-order valence-electron chi connectivity index (χ1n) is 11.1. The molecule has 5 aliphatic rings. The number of ether oxygens (including phenoxy) is 1. The Balaban J connectivity index is 1.49. The molecule has 3 N–H and O–H groups in total. The van der Waals surface area contributed by atoms with Crippen molar-refractivity contribution in [1.82, 2.24) is 0 Å². The lowest BCUT2D eigenvalue weighted by atomic mass is 9.42. The molecule has 156 valence electrons. The first-order chi connectivity index (χ1) is 13.1. The molecular weight excluding hydrogens is 356 g/mol. The van der Waals surface area contributed by atoms with E-state index in [1.165, 1.54) is 0 Å². The maximum absolute atomic E-state index is 12.1. The zero-order chi connectivity index (χ0) is 19.9. The van der Waals surface area contributed by atoms with Gasteiger partial charge in [-0.1, -0.05) is 13.8 Å². The zero-order valence-electron chi connectivity index (χ0n) is 17.1. The molecule has 1 heterocycles. The Morgan fingerprint density at radius 2 is 1.68 bits per heavy atom. The van der Waals surface area contributed by atoms with Crippen LogP contribution in [-0.4, -0.2) is 45.2 Å². The fraction of sp³-hybridized carbons (Fsp3) is 0.870. The molecule has 4 aliphatic carbocycles. The average molecular weight is 391 g/mol. The Labute approximate surface area is 167 Å². The molecule has 0 radical (unpaired) electrons. The second kappa shape index (κ2) is 5.83. The van der Waals surface area contributed by atoms with Crippen LogP contribution in [0.5, 0.6) is 0 Å². The summed E-state index contributed by atoms with van der Waals surface area (Å²) in [7, 11) is 0. The van der Waals surface area contributed by atoms with Gasteiger partial charge in [-0.2, -0.15) is 0 Å². The fourth-order valence-corrected chi connectivity index (χ4v) is 8.38. The van der Waals surface area contributed by atoms with Gasteiger partial charge in [0.25, 0.3) is 0 Å². The van der Waals surface area contributed by atoms with Crippen molar-refractivity contribution in [3.63, 3.8) is 0 Å². The summed E-state index contributed by atoms with van der Waals surface area (Å²) in [5.74, 6) is 0.409. The summed E-state index contributed by atoms with van der Waals surface area (Å²) in [5, 5.41) is 33.8. The number of hydrogen-bond donors (Lipinski definition) is 3. The average Bonchev–Trinajstić information content (AvgIpc) is 3.17. The Morgan fingerprint density at radius 1 is 0.964 bits per heavy atom. The quantitative estimate of drug-likeness (QED) is 0.599. The van der Waals surface area contributed by atoms with Gasteiger partial charge in [0.1, 0.15) is 6.61 Å². The van der Waals surface area contributed by atoms with Gasteiger partial charge in [-0.3, -0.25) is 0 Å². The highest BCUT2D eigenvalue weighted by Gasteiger charge is 2.70. The predicted octanol–water partition coefficient (Wildman–Crippen LogP) is 2.72. The third-order valence-corrected chi connectivity index (χ3v) is 10.1. The normalized spacial score (nSPS) is 55.8. The zero-order valence-corrected chi connectivity index (χ0v) is 17.1. The van der Waals surface area contributed by atoms with E-state index in [1.807, 2.05) is 0 Å². The van der Waals surface area contributed by atoms with Gasteiger partial charge in [0.15, 0.2) is 0 Å². The van der Waals surface area contributed by atoms with Gasteiger partial charge in [-0.15, -0.1) is 0 Å². The first-order valence-corrected chi connectivity index (χ1v) is 11.1. The molecule has 0 aromatic heterocycles. The highest BCUT2D eigenvalue weighted by atomic mass is 16.5. The lowest BCUT2D eigenvalue weighted by Gasteiger charge is -2.66. The first kappa shape index (κ1) is 19.1. The minimum atomic E-state index is -0.817. The Bertz CT molecular complexity index is 733. The van der Waals surface area contributed by atoms with E-state index in [1.54, 1.807) is 6.08 Å². The van der Waals surface area contributed by atoms with Crippen LogP contribution in [-0.2, 0) is 9.53 Å². The van der Waals surface area contributed by atoms with Crippen LogP contribution in [0, 0.1) is 28.6 Å². The van der Waals surface area contributed by atoms with Crippen LogP contribution in [0.1, 0.15) is 71.6 Å². The number of hydrogen-bond acceptors (Lipinski definition) is 5. The summed E-state index contributed by atoms with van der Waals surface area (Å²) < 4.78 is 5.18. The molecule has 0 bridgehead atoms. The van der Waals surface area contributed by atoms with E-state index in [4.69, 9.17) is 4.74 Å². The summed E-state index contributed by atoms with van der Waals surface area (Å²) in [6, 6.07) is 0. The number of rotatable bonds is 1. The number of aliphatic hydroxyl groups is 3. The summed E-state index contributed by atoms with van der Waals surface area (Å²) in [5.41, 5.74) is -0.999. The van der Waals surface area contributed by atoms with Gasteiger partial charge in [-0.05, 0) is 80.1 Å². The summed E-state index contributed by atoms with van der Waals surface area (Å²) in [6.45, 7) is 4.80. The van der Waals surface area contributed by atoms with Crippen LogP contribution in [0.4, 0.5) is 0 Å². The third-order valence-electron chi connectivity index (χ3n) is 10.1. The van der Waals surface area contributed by atoms with Crippen molar-refractivity contribution >= 4 is 5.97 Å². The highest BCUT2D eigenvalue weighted by molar-refractivity contribution is 5.85. The van der Waals surface area contributed by atoms with E-state index >= 15 is 0 Å². The lowest BCUT2D eigenvalue weighted by Crippen LogP contribution is -2.67. The molecule has 0 aromatic rings. The van der Waals surface area contributed by atoms with E-state index in [0.29, 0.717) is 19.4 Å². The van der Waals surface area contributed by atoms with Gasteiger partial charge in [0, 0.05) is 17.9 Å². The molecule has 8 atom stereocenters. The second-order valence-corrected chi connectivity index (χ2v) is 10.9. The van der Waals surface area contributed by atoms with Crippen LogP contribution in [0.3, 0.4) is 0 Å². The molecule has 0 amide bonds. The van der Waals surface area contributed by atoms with Crippen molar-refractivity contribution in [2.24, 2.45) is 28.6 Å². The van der Waals surface area contributed by atoms with Crippen molar-refractivity contribution in [2.45, 2.75) is 88.9 Å². The van der Waals surface area contributed by atoms with Crippen molar-refractivity contribution in [1.29, 1.82) is 0 Å². The molecule has 4 saturated carbocycles. The van der Waals surface area contributed by atoms with Crippen LogP contribution in [0.2, 0.25) is 0 Å². The standard InChI is InChI=1S/C23H34O5/c1-20-7-3-15(24)12-22(20,26)9-5-18-17(20)4-8-21(2)16(6-10-23(18,21)27)14-11-19(25)28-13-14/h11,15-18,24,26-27H,3-10,12-13H2,1-2H3/t15-,16-,17+,18-,20-,21-,22+,23+/m1/s1. The van der Waals surface area contributed by atoms with Crippen LogP contribution in [0.15, 0.2) is 11.6 Å². The molecule has 1 aliphatic heterocycles. The summed E-state index contributed by atoms with van der Waals surface area (Å²) in [6.07, 6.45) is 8.33. The number of cyclic esters (lactones) is 1. The maximum atomic E-state index is 12.1. The SMILES string of the molecule is C[C@]12CC[C@@H](O)C[C@@]1(O)CC[C@@H]1[C@@H]2CC[C@]2(C)[C@@H](C3=CC(=O)OC3)CC[C@]12O. The topological polar surface area (TPSA) is 87.0 Å². The summed E-state index contributed by atoms with van der Waals surface area (Å²) in [4.78, 5) is 11.6. The van der Waals surface area contributed by atoms with Crippen molar-refractivity contribution < 1.29 is 24.9 Å². The van der Waals surface area contributed by atoms with E-state index in [0.717, 1.165) is 50.5 Å². The molecular formula is C23H34O5. The van der Waals surface area contributed by atoms with Crippen LogP contribution >= 0.6 is 0 Å². The minimum Gasteiger partial charge on any atom is -0.458 e. The second-order valence-electron chi connectivity index (χ2n) is 10.9. The lowest BCUT2D eigenvalue weighted by molar-refractivity contribution is -0.254. The van der Waals surface area contributed by atoms with Crippen LogP contribution < -0.4 is 0 Å². The minimum absolute atomic E-state index is 0.176. The molecule has 28 heavy (non-hydrogen) atoms. The predicted molar refractivity (Wildman–Crippen MR) is 103 cm³/mol. The number of carbonyl (C=O) groups excluding carboxylic acids is 1. The van der Waals surface area contributed by atoms with E-state index in [2.05, 4.69) is 13.8 Å². The van der Waals surface area contributed by atoms with Crippen molar-refractivity contribution in [3.8, 4) is 0 Å². The number of fused-ring (bicyclic) bond motifs is 5. The molecule has 5 nitrogen and oxygen atoms in total. The Hall–Kier alpha value is -0.910. The van der Waals surface area contributed by atoms with Gasteiger partial charge >= 0.3 is 5.97 Å². The molecule has 5 rings (SSSR count). The van der Waals surface area contributed by atoms with E-state index < -0.39 is 17.3 Å². The smallest absolute Gasteiger partial charge is 0.331 e. The van der Waals surface area contributed by atoms with E-state index in [9.17, 15) is 20.1 Å². The third kappa shape index (κ3) is 2.21. The Kier molecular flexibility index (Phi) is 3.97.